The predicted molar refractivity (Wildman–Crippen MR) is 66.5 cm³/mol. The Morgan fingerprint density at radius 2 is 2.38 bits per heavy atom. The highest BCUT2D eigenvalue weighted by molar-refractivity contribution is 7.07. The van der Waals surface area contributed by atoms with Gasteiger partial charge in [0.2, 0.25) is 5.91 Å². The molecule has 0 spiro atoms. The third kappa shape index (κ3) is 4.28. The van der Waals surface area contributed by atoms with E-state index >= 15 is 0 Å². The molecule has 0 aliphatic carbocycles. The van der Waals surface area contributed by atoms with Crippen molar-refractivity contribution in [3.05, 3.63) is 16.6 Å². The van der Waals surface area contributed by atoms with Gasteiger partial charge in [-0.25, -0.2) is 4.98 Å². The van der Waals surface area contributed by atoms with Crippen molar-refractivity contribution in [3.8, 4) is 0 Å². The molecule has 1 heterocycles. The maximum Gasteiger partial charge on any atom is 0.222 e. The summed E-state index contributed by atoms with van der Waals surface area (Å²) in [5.41, 5.74) is 2.91. The van der Waals surface area contributed by atoms with Crippen molar-refractivity contribution in [2.24, 2.45) is 0 Å². The summed E-state index contributed by atoms with van der Waals surface area (Å²) >= 11 is 1.60. The molecule has 90 valence electrons. The molecular weight excluding hydrogens is 222 g/mol. The zero-order chi connectivity index (χ0) is 12.0. The standard InChI is InChI=1S/C11H19N3OS/c1-9(10-7-16-8-13-10)12-6-4-5-11(15)14(2)3/h7-9,12H,4-6H2,1-3H3. The van der Waals surface area contributed by atoms with E-state index in [-0.39, 0.29) is 11.9 Å². The first-order valence-corrected chi connectivity index (χ1v) is 6.37. The second-order valence-electron chi connectivity index (χ2n) is 3.98. The molecule has 1 rings (SSSR count). The van der Waals surface area contributed by atoms with E-state index in [1.54, 1.807) is 30.3 Å². The smallest absolute Gasteiger partial charge is 0.222 e. The molecule has 1 aromatic rings. The molecular formula is C11H19N3OS. The largest absolute Gasteiger partial charge is 0.349 e. The average Bonchev–Trinajstić information content (AvgIpc) is 2.76. The Bertz CT molecular complexity index is 311. The summed E-state index contributed by atoms with van der Waals surface area (Å²) < 4.78 is 0. The molecule has 4 nitrogen and oxygen atoms in total. The highest BCUT2D eigenvalue weighted by Crippen LogP contribution is 2.11. The van der Waals surface area contributed by atoms with Gasteiger partial charge >= 0.3 is 0 Å². The van der Waals surface area contributed by atoms with E-state index in [1.807, 2.05) is 10.9 Å². The first-order valence-electron chi connectivity index (χ1n) is 5.43. The maximum absolute atomic E-state index is 11.3. The van der Waals surface area contributed by atoms with Crippen LogP contribution in [0.2, 0.25) is 0 Å². The highest BCUT2D eigenvalue weighted by atomic mass is 32.1. The SMILES string of the molecule is CC(NCCCC(=O)N(C)C)c1cscn1. The van der Waals surface area contributed by atoms with Gasteiger partial charge in [0.15, 0.2) is 0 Å². The average molecular weight is 241 g/mol. The van der Waals surface area contributed by atoms with Crippen molar-refractivity contribution in [1.29, 1.82) is 0 Å². The fourth-order valence-corrected chi connectivity index (χ4v) is 1.97. The second kappa shape index (κ2) is 6.60. The van der Waals surface area contributed by atoms with E-state index in [1.165, 1.54) is 0 Å². The number of amides is 1. The molecule has 1 amide bonds. The fraction of sp³-hybridized carbons (Fsp3) is 0.636. The van der Waals surface area contributed by atoms with Gasteiger partial charge in [0.05, 0.1) is 11.2 Å². The van der Waals surface area contributed by atoms with Crippen LogP contribution in [0.5, 0.6) is 0 Å². The van der Waals surface area contributed by atoms with Crippen LogP contribution in [0.3, 0.4) is 0 Å². The Kier molecular flexibility index (Phi) is 5.42. The van der Waals surface area contributed by atoms with Gasteiger partial charge in [-0.1, -0.05) is 0 Å². The Hall–Kier alpha value is -0.940. The number of nitrogens with zero attached hydrogens (tertiary/aromatic N) is 2. The summed E-state index contributed by atoms with van der Waals surface area (Å²) in [6.07, 6.45) is 1.47. The molecule has 0 saturated heterocycles. The molecule has 0 aliphatic rings. The van der Waals surface area contributed by atoms with Gasteiger partial charge in [-0.3, -0.25) is 4.79 Å². The number of hydrogen-bond donors (Lipinski definition) is 1. The minimum atomic E-state index is 0.183. The first kappa shape index (κ1) is 13.1. The zero-order valence-electron chi connectivity index (χ0n) is 10.1. The molecule has 1 atom stereocenters. The quantitative estimate of drug-likeness (QED) is 0.770. The summed E-state index contributed by atoms with van der Waals surface area (Å²) in [4.78, 5) is 17.2. The Labute approximate surface area is 101 Å². The van der Waals surface area contributed by atoms with Crippen LogP contribution in [-0.2, 0) is 4.79 Å². The van der Waals surface area contributed by atoms with Gasteiger partial charge in [0, 0.05) is 31.9 Å². The van der Waals surface area contributed by atoms with Gasteiger partial charge in [-0.05, 0) is 19.9 Å². The minimum Gasteiger partial charge on any atom is -0.349 e. The molecule has 0 fully saturated rings. The number of nitrogens with one attached hydrogen (secondary N) is 1. The molecule has 0 bridgehead atoms. The lowest BCUT2D eigenvalue weighted by atomic mass is 10.2. The van der Waals surface area contributed by atoms with Crippen molar-refractivity contribution >= 4 is 17.2 Å². The zero-order valence-corrected chi connectivity index (χ0v) is 10.9. The summed E-state index contributed by atoms with van der Waals surface area (Å²) in [5, 5.41) is 5.40. The van der Waals surface area contributed by atoms with Gasteiger partial charge in [-0.2, -0.15) is 0 Å². The monoisotopic (exact) mass is 241 g/mol. The van der Waals surface area contributed by atoms with Crippen LogP contribution in [0.4, 0.5) is 0 Å². The van der Waals surface area contributed by atoms with Crippen molar-refractivity contribution in [3.63, 3.8) is 0 Å². The Morgan fingerprint density at radius 3 is 2.94 bits per heavy atom. The molecule has 0 radical (unpaired) electrons. The van der Waals surface area contributed by atoms with Crippen molar-refractivity contribution in [1.82, 2.24) is 15.2 Å². The van der Waals surface area contributed by atoms with Crippen LogP contribution in [0.15, 0.2) is 10.9 Å². The number of carbonyl (C=O) groups excluding carboxylic acids is 1. The van der Waals surface area contributed by atoms with E-state index < -0.39 is 0 Å². The van der Waals surface area contributed by atoms with Gasteiger partial charge < -0.3 is 10.2 Å². The summed E-state index contributed by atoms with van der Waals surface area (Å²) in [5.74, 6) is 0.183. The van der Waals surface area contributed by atoms with E-state index in [4.69, 9.17) is 0 Å². The number of rotatable bonds is 6. The maximum atomic E-state index is 11.3. The molecule has 0 saturated carbocycles. The Balaban J connectivity index is 2.14. The van der Waals surface area contributed by atoms with E-state index in [0.717, 1.165) is 18.7 Å². The molecule has 1 aromatic heterocycles. The minimum absolute atomic E-state index is 0.183. The number of aromatic nitrogens is 1. The number of carbonyl (C=O) groups is 1. The molecule has 1 N–H and O–H groups in total. The summed E-state index contributed by atoms with van der Waals surface area (Å²) in [6, 6.07) is 0.265. The molecule has 1 unspecified atom stereocenters. The van der Waals surface area contributed by atoms with Crippen LogP contribution >= 0.6 is 11.3 Å². The van der Waals surface area contributed by atoms with E-state index in [9.17, 15) is 4.79 Å². The van der Waals surface area contributed by atoms with Crippen LogP contribution in [-0.4, -0.2) is 36.4 Å². The molecule has 0 aromatic carbocycles. The molecule has 5 heteroatoms. The van der Waals surface area contributed by atoms with Gasteiger partial charge in [0.25, 0.3) is 0 Å². The predicted octanol–water partition coefficient (Wildman–Crippen LogP) is 1.66. The molecule has 16 heavy (non-hydrogen) atoms. The lowest BCUT2D eigenvalue weighted by Crippen LogP contribution is -2.24. The summed E-state index contributed by atoms with van der Waals surface area (Å²) in [6.45, 7) is 2.93. The van der Waals surface area contributed by atoms with Crippen LogP contribution in [0.25, 0.3) is 0 Å². The number of hydrogen-bond acceptors (Lipinski definition) is 4. The van der Waals surface area contributed by atoms with E-state index in [0.29, 0.717) is 6.42 Å². The normalized spacial score (nSPS) is 12.4. The van der Waals surface area contributed by atoms with Crippen molar-refractivity contribution in [2.75, 3.05) is 20.6 Å². The second-order valence-corrected chi connectivity index (χ2v) is 4.70. The topological polar surface area (TPSA) is 45.2 Å². The van der Waals surface area contributed by atoms with Gasteiger partial charge in [0.1, 0.15) is 0 Å². The van der Waals surface area contributed by atoms with Gasteiger partial charge in [-0.15, -0.1) is 11.3 Å². The van der Waals surface area contributed by atoms with Crippen molar-refractivity contribution in [2.45, 2.75) is 25.8 Å². The van der Waals surface area contributed by atoms with E-state index in [2.05, 4.69) is 17.2 Å². The highest BCUT2D eigenvalue weighted by Gasteiger charge is 2.07. The lowest BCUT2D eigenvalue weighted by Gasteiger charge is -2.12. The van der Waals surface area contributed by atoms with Crippen LogP contribution < -0.4 is 5.32 Å². The van der Waals surface area contributed by atoms with Crippen molar-refractivity contribution < 1.29 is 4.79 Å². The number of thiazole rings is 1. The third-order valence-electron chi connectivity index (χ3n) is 2.41. The third-order valence-corrected chi connectivity index (χ3v) is 3.02. The lowest BCUT2D eigenvalue weighted by molar-refractivity contribution is -0.128. The van der Waals surface area contributed by atoms with Crippen LogP contribution in [0.1, 0.15) is 31.5 Å². The Morgan fingerprint density at radius 1 is 1.62 bits per heavy atom. The fourth-order valence-electron chi connectivity index (χ4n) is 1.32. The molecule has 0 aliphatic heterocycles. The summed E-state index contributed by atoms with van der Waals surface area (Å²) in [7, 11) is 3.57. The first-order chi connectivity index (χ1) is 7.61. The van der Waals surface area contributed by atoms with Crippen LogP contribution in [0, 0.1) is 0 Å².